The van der Waals surface area contributed by atoms with Crippen LogP contribution in [0.3, 0.4) is 0 Å². The Bertz CT molecular complexity index is 495. The number of sulfonamides is 1. The number of ether oxygens (including phenoxy) is 2. The highest BCUT2D eigenvalue weighted by Gasteiger charge is 2.26. The number of nitrogens with zero attached hydrogens (tertiary/aromatic N) is 1. The molecule has 0 amide bonds. The Morgan fingerprint density at radius 3 is 2.72 bits per heavy atom. The highest BCUT2D eigenvalue weighted by Crippen LogP contribution is 2.18. The van der Waals surface area contributed by atoms with Gasteiger partial charge < -0.3 is 9.47 Å². The third kappa shape index (κ3) is 2.89. The van der Waals surface area contributed by atoms with Gasteiger partial charge in [0, 0.05) is 20.2 Å². The van der Waals surface area contributed by atoms with Gasteiger partial charge in [-0.15, -0.1) is 0 Å². The molecule has 0 aromatic heterocycles. The maximum atomic E-state index is 12.4. The lowest BCUT2D eigenvalue weighted by atomic mass is 10.2. The molecule has 1 aliphatic heterocycles. The summed E-state index contributed by atoms with van der Waals surface area (Å²) in [4.78, 5) is 0.318. The molecule has 2 rings (SSSR count). The first-order chi connectivity index (χ1) is 8.64. The molecule has 1 aliphatic rings. The third-order valence-electron chi connectivity index (χ3n) is 2.82. The summed E-state index contributed by atoms with van der Waals surface area (Å²) < 4.78 is 36.4. The Morgan fingerprint density at radius 2 is 2.06 bits per heavy atom. The molecule has 1 fully saturated rings. The molecule has 1 heterocycles. The van der Waals surface area contributed by atoms with Gasteiger partial charge in [0.1, 0.15) is 0 Å². The molecule has 0 unspecified atom stereocenters. The highest BCUT2D eigenvalue weighted by atomic mass is 32.2. The average molecular weight is 271 g/mol. The van der Waals surface area contributed by atoms with E-state index in [0.29, 0.717) is 37.8 Å². The fourth-order valence-electron chi connectivity index (χ4n) is 1.90. The van der Waals surface area contributed by atoms with E-state index in [1.165, 1.54) is 4.31 Å². The minimum absolute atomic E-state index is 0.318. The van der Waals surface area contributed by atoms with Crippen molar-refractivity contribution in [2.24, 2.45) is 0 Å². The molecular weight excluding hydrogens is 254 g/mol. The summed E-state index contributed by atoms with van der Waals surface area (Å²) in [6, 6.07) is 6.86. The Morgan fingerprint density at radius 1 is 1.33 bits per heavy atom. The number of hydrogen-bond acceptors (Lipinski definition) is 4. The van der Waals surface area contributed by atoms with Crippen LogP contribution in [0.15, 0.2) is 29.2 Å². The summed E-state index contributed by atoms with van der Waals surface area (Å²) >= 11 is 0. The molecule has 1 aromatic carbocycles. The summed E-state index contributed by atoms with van der Waals surface area (Å²) in [5.41, 5.74) is 0.854. The zero-order valence-electron chi connectivity index (χ0n) is 10.3. The van der Waals surface area contributed by atoms with Crippen molar-refractivity contribution in [3.8, 4) is 0 Å². The van der Waals surface area contributed by atoms with Crippen LogP contribution in [0.25, 0.3) is 0 Å². The van der Waals surface area contributed by atoms with Gasteiger partial charge in [-0.2, -0.15) is 4.31 Å². The molecular formula is C12H17NO4S. The smallest absolute Gasteiger partial charge is 0.243 e. The van der Waals surface area contributed by atoms with Crippen molar-refractivity contribution in [2.75, 3.05) is 33.4 Å². The number of morpholine rings is 1. The van der Waals surface area contributed by atoms with Gasteiger partial charge in [0.25, 0.3) is 0 Å². The van der Waals surface area contributed by atoms with Gasteiger partial charge >= 0.3 is 0 Å². The van der Waals surface area contributed by atoms with Crippen LogP contribution in [-0.2, 0) is 26.1 Å². The fraction of sp³-hybridized carbons (Fsp3) is 0.500. The second kappa shape index (κ2) is 5.79. The van der Waals surface area contributed by atoms with Gasteiger partial charge in [0.15, 0.2) is 0 Å². The highest BCUT2D eigenvalue weighted by molar-refractivity contribution is 7.89. The van der Waals surface area contributed by atoms with E-state index >= 15 is 0 Å². The van der Waals surface area contributed by atoms with Gasteiger partial charge in [-0.3, -0.25) is 0 Å². The summed E-state index contributed by atoms with van der Waals surface area (Å²) in [6.45, 7) is 2.15. The number of methoxy groups -OCH3 is 1. The van der Waals surface area contributed by atoms with Gasteiger partial charge in [0.2, 0.25) is 10.0 Å². The molecule has 0 aliphatic carbocycles. The van der Waals surface area contributed by atoms with Crippen molar-refractivity contribution in [3.05, 3.63) is 29.8 Å². The molecule has 5 nitrogen and oxygen atoms in total. The van der Waals surface area contributed by atoms with Crippen molar-refractivity contribution in [3.63, 3.8) is 0 Å². The Balaban J connectivity index is 2.25. The van der Waals surface area contributed by atoms with E-state index in [2.05, 4.69) is 0 Å². The summed E-state index contributed by atoms with van der Waals surface area (Å²) in [5, 5.41) is 0. The van der Waals surface area contributed by atoms with Crippen LogP contribution in [-0.4, -0.2) is 46.1 Å². The molecule has 1 saturated heterocycles. The summed E-state index contributed by atoms with van der Waals surface area (Å²) in [7, 11) is -1.82. The minimum atomic E-state index is -3.41. The van der Waals surface area contributed by atoms with Crippen LogP contribution in [0.1, 0.15) is 5.56 Å². The lowest BCUT2D eigenvalue weighted by Crippen LogP contribution is -2.40. The van der Waals surface area contributed by atoms with Crippen molar-refractivity contribution in [1.29, 1.82) is 0 Å². The van der Waals surface area contributed by atoms with E-state index in [1.54, 1.807) is 25.3 Å². The van der Waals surface area contributed by atoms with Crippen molar-refractivity contribution < 1.29 is 17.9 Å². The molecule has 0 atom stereocenters. The first kappa shape index (κ1) is 13.5. The van der Waals surface area contributed by atoms with Crippen LogP contribution >= 0.6 is 0 Å². The van der Waals surface area contributed by atoms with Gasteiger partial charge in [0.05, 0.1) is 24.7 Å². The largest absolute Gasteiger partial charge is 0.380 e. The van der Waals surface area contributed by atoms with Crippen LogP contribution < -0.4 is 0 Å². The predicted molar refractivity (Wildman–Crippen MR) is 66.7 cm³/mol. The lowest BCUT2D eigenvalue weighted by Gasteiger charge is -2.26. The van der Waals surface area contributed by atoms with Crippen LogP contribution in [0.4, 0.5) is 0 Å². The quantitative estimate of drug-likeness (QED) is 0.815. The molecule has 0 spiro atoms. The average Bonchev–Trinajstić information content (AvgIpc) is 2.40. The summed E-state index contributed by atoms with van der Waals surface area (Å²) in [6.07, 6.45) is 0. The van der Waals surface area contributed by atoms with E-state index < -0.39 is 10.0 Å². The maximum absolute atomic E-state index is 12.4. The van der Waals surface area contributed by atoms with E-state index in [0.717, 1.165) is 5.56 Å². The van der Waals surface area contributed by atoms with Crippen LogP contribution in [0.2, 0.25) is 0 Å². The monoisotopic (exact) mass is 271 g/mol. The molecule has 6 heteroatoms. The molecule has 0 saturated carbocycles. The van der Waals surface area contributed by atoms with E-state index in [9.17, 15) is 8.42 Å². The standard InChI is InChI=1S/C12H17NO4S/c1-16-10-11-3-2-4-12(9-11)18(14,15)13-5-7-17-8-6-13/h2-4,9H,5-8,10H2,1H3. The molecule has 0 bridgehead atoms. The predicted octanol–water partition coefficient (Wildman–Crippen LogP) is 0.854. The van der Waals surface area contributed by atoms with Gasteiger partial charge in [-0.05, 0) is 17.7 Å². The number of benzene rings is 1. The topological polar surface area (TPSA) is 55.8 Å². The van der Waals surface area contributed by atoms with Gasteiger partial charge in [-0.1, -0.05) is 12.1 Å². The van der Waals surface area contributed by atoms with E-state index in [-0.39, 0.29) is 0 Å². The SMILES string of the molecule is COCc1cccc(S(=O)(=O)N2CCOCC2)c1. The van der Waals surface area contributed by atoms with Crippen LogP contribution in [0, 0.1) is 0 Å². The Labute approximate surface area is 107 Å². The fourth-order valence-corrected chi connectivity index (χ4v) is 3.38. The second-order valence-corrected chi connectivity index (χ2v) is 6.03. The number of hydrogen-bond donors (Lipinski definition) is 0. The van der Waals surface area contributed by atoms with Crippen LogP contribution in [0.5, 0.6) is 0 Å². The van der Waals surface area contributed by atoms with Crippen molar-refractivity contribution in [1.82, 2.24) is 4.31 Å². The van der Waals surface area contributed by atoms with Gasteiger partial charge in [-0.25, -0.2) is 8.42 Å². The zero-order valence-corrected chi connectivity index (χ0v) is 11.1. The molecule has 1 aromatic rings. The number of rotatable bonds is 4. The molecule has 100 valence electrons. The zero-order chi connectivity index (χ0) is 13.0. The summed E-state index contributed by atoms with van der Waals surface area (Å²) in [5.74, 6) is 0. The van der Waals surface area contributed by atoms with Crippen molar-refractivity contribution >= 4 is 10.0 Å². The minimum Gasteiger partial charge on any atom is -0.380 e. The molecule has 0 radical (unpaired) electrons. The maximum Gasteiger partial charge on any atom is 0.243 e. The van der Waals surface area contributed by atoms with E-state index in [1.807, 2.05) is 6.07 Å². The lowest BCUT2D eigenvalue weighted by molar-refractivity contribution is 0.0730. The first-order valence-corrected chi connectivity index (χ1v) is 7.24. The third-order valence-corrected chi connectivity index (χ3v) is 4.71. The molecule has 0 N–H and O–H groups in total. The van der Waals surface area contributed by atoms with E-state index in [4.69, 9.17) is 9.47 Å². The Hall–Kier alpha value is -0.950. The first-order valence-electron chi connectivity index (χ1n) is 5.80. The van der Waals surface area contributed by atoms with Crippen molar-refractivity contribution in [2.45, 2.75) is 11.5 Å². The normalized spacial score (nSPS) is 17.8. The Kier molecular flexibility index (Phi) is 4.34. The molecule has 18 heavy (non-hydrogen) atoms. The second-order valence-electron chi connectivity index (χ2n) is 4.10.